The first-order valence-corrected chi connectivity index (χ1v) is 8.47. The number of methoxy groups -OCH3 is 1. The Balaban J connectivity index is 1.78. The van der Waals surface area contributed by atoms with Crippen LogP contribution in [0.15, 0.2) is 28.7 Å². The molecule has 2 aromatic rings. The van der Waals surface area contributed by atoms with Crippen LogP contribution in [0.3, 0.4) is 0 Å². The molecule has 0 aliphatic carbocycles. The van der Waals surface area contributed by atoms with Gasteiger partial charge in [-0.1, -0.05) is 0 Å². The molecule has 0 bridgehead atoms. The van der Waals surface area contributed by atoms with E-state index < -0.39 is 17.5 Å². The summed E-state index contributed by atoms with van der Waals surface area (Å²) in [5, 5.41) is 0. The Hall–Kier alpha value is -2.09. The molecular weight excluding hydrogens is 399 g/mol. The summed E-state index contributed by atoms with van der Waals surface area (Å²) in [6.07, 6.45) is 0. The molecule has 2 N–H and O–H groups in total. The molecule has 8 heteroatoms. The van der Waals surface area contributed by atoms with Crippen LogP contribution in [0.1, 0.15) is 0 Å². The zero-order valence-corrected chi connectivity index (χ0v) is 15.1. The standard InChI is InChI=1S/C17H17BrF3N3O/c1-25-17-9-16(13(21)7-14(17)22)24-4-2-23(3-5-24)15-8-11(19)10(18)6-12(15)20/h6-9H,2-5,22H2,1H3. The molecule has 134 valence electrons. The molecule has 0 unspecified atom stereocenters. The van der Waals surface area contributed by atoms with Crippen molar-refractivity contribution in [1.29, 1.82) is 0 Å². The van der Waals surface area contributed by atoms with E-state index in [4.69, 9.17) is 10.5 Å². The number of piperazine rings is 1. The second-order valence-corrected chi connectivity index (χ2v) is 6.59. The van der Waals surface area contributed by atoms with Gasteiger partial charge in [0.05, 0.1) is 28.6 Å². The summed E-state index contributed by atoms with van der Waals surface area (Å²) in [5.41, 5.74) is 6.52. The van der Waals surface area contributed by atoms with Crippen LogP contribution in [0.25, 0.3) is 0 Å². The van der Waals surface area contributed by atoms with Crippen LogP contribution in [0.2, 0.25) is 0 Å². The lowest BCUT2D eigenvalue weighted by molar-refractivity contribution is 0.416. The quantitative estimate of drug-likeness (QED) is 0.611. The average molecular weight is 416 g/mol. The summed E-state index contributed by atoms with van der Waals surface area (Å²) in [6.45, 7) is 1.79. The Morgan fingerprint density at radius 3 is 1.96 bits per heavy atom. The highest BCUT2D eigenvalue weighted by molar-refractivity contribution is 9.10. The summed E-state index contributed by atoms with van der Waals surface area (Å²) < 4.78 is 47.3. The lowest BCUT2D eigenvalue weighted by Gasteiger charge is -2.37. The van der Waals surface area contributed by atoms with Crippen LogP contribution < -0.4 is 20.3 Å². The van der Waals surface area contributed by atoms with Crippen LogP contribution in [-0.2, 0) is 0 Å². The third kappa shape index (κ3) is 3.49. The molecule has 1 saturated heterocycles. The molecule has 0 radical (unpaired) electrons. The van der Waals surface area contributed by atoms with Gasteiger partial charge in [0.15, 0.2) is 0 Å². The van der Waals surface area contributed by atoms with Gasteiger partial charge in [-0.05, 0) is 22.0 Å². The zero-order chi connectivity index (χ0) is 18.1. The van der Waals surface area contributed by atoms with Gasteiger partial charge in [0, 0.05) is 44.4 Å². The maximum atomic E-state index is 14.2. The monoisotopic (exact) mass is 415 g/mol. The minimum atomic E-state index is -0.520. The molecule has 4 nitrogen and oxygen atoms in total. The van der Waals surface area contributed by atoms with E-state index in [1.54, 1.807) is 11.0 Å². The van der Waals surface area contributed by atoms with Crippen LogP contribution in [0.4, 0.5) is 30.2 Å². The number of ether oxygens (including phenoxy) is 1. The number of nitrogen functional groups attached to an aromatic ring is 1. The highest BCUT2D eigenvalue weighted by Gasteiger charge is 2.23. The maximum absolute atomic E-state index is 14.2. The second-order valence-electron chi connectivity index (χ2n) is 5.74. The Morgan fingerprint density at radius 1 is 0.880 bits per heavy atom. The van der Waals surface area contributed by atoms with Gasteiger partial charge in [-0.2, -0.15) is 0 Å². The fraction of sp³-hybridized carbons (Fsp3) is 0.294. The summed E-state index contributed by atoms with van der Waals surface area (Å²) in [6, 6.07) is 5.06. The van der Waals surface area contributed by atoms with Gasteiger partial charge in [0.25, 0.3) is 0 Å². The van der Waals surface area contributed by atoms with Gasteiger partial charge in [-0.15, -0.1) is 0 Å². The Labute approximate surface area is 152 Å². The molecule has 1 aliphatic heterocycles. The van der Waals surface area contributed by atoms with E-state index in [1.165, 1.54) is 19.2 Å². The zero-order valence-electron chi connectivity index (χ0n) is 13.5. The first-order valence-electron chi connectivity index (χ1n) is 7.68. The van der Waals surface area contributed by atoms with Gasteiger partial charge < -0.3 is 20.3 Å². The van der Waals surface area contributed by atoms with Crippen molar-refractivity contribution in [2.75, 3.05) is 48.8 Å². The fourth-order valence-electron chi connectivity index (χ4n) is 2.92. The van der Waals surface area contributed by atoms with E-state index in [0.29, 0.717) is 37.6 Å². The third-order valence-electron chi connectivity index (χ3n) is 4.25. The molecule has 0 saturated carbocycles. The molecule has 3 rings (SSSR count). The van der Waals surface area contributed by atoms with Crippen molar-refractivity contribution in [2.24, 2.45) is 0 Å². The predicted molar refractivity (Wildman–Crippen MR) is 95.8 cm³/mol. The van der Waals surface area contributed by atoms with Crippen molar-refractivity contribution >= 4 is 33.0 Å². The number of benzene rings is 2. The fourth-order valence-corrected chi connectivity index (χ4v) is 3.24. The molecule has 1 aliphatic rings. The van der Waals surface area contributed by atoms with Crippen LogP contribution in [0, 0.1) is 17.5 Å². The topological polar surface area (TPSA) is 41.7 Å². The highest BCUT2D eigenvalue weighted by Crippen LogP contribution is 2.32. The summed E-state index contributed by atoms with van der Waals surface area (Å²) in [7, 11) is 1.47. The minimum absolute atomic E-state index is 0.0865. The van der Waals surface area contributed by atoms with E-state index in [9.17, 15) is 13.2 Å². The van der Waals surface area contributed by atoms with Crippen LogP contribution >= 0.6 is 15.9 Å². The molecule has 1 fully saturated rings. The molecule has 25 heavy (non-hydrogen) atoms. The second kappa shape index (κ2) is 7.03. The molecule has 0 atom stereocenters. The first kappa shape index (κ1) is 17.7. The normalized spacial score (nSPS) is 14.8. The van der Waals surface area contributed by atoms with Crippen molar-refractivity contribution in [3.05, 3.63) is 46.2 Å². The average Bonchev–Trinajstić information content (AvgIpc) is 2.59. The van der Waals surface area contributed by atoms with E-state index in [0.717, 1.165) is 6.07 Å². The Kier molecular flexibility index (Phi) is 4.99. The van der Waals surface area contributed by atoms with Crippen molar-refractivity contribution in [3.8, 4) is 5.75 Å². The van der Waals surface area contributed by atoms with Crippen molar-refractivity contribution in [3.63, 3.8) is 0 Å². The third-order valence-corrected chi connectivity index (χ3v) is 4.86. The van der Waals surface area contributed by atoms with Crippen molar-refractivity contribution in [2.45, 2.75) is 0 Å². The van der Waals surface area contributed by atoms with Crippen LogP contribution in [0.5, 0.6) is 5.75 Å². The minimum Gasteiger partial charge on any atom is -0.495 e. The smallest absolute Gasteiger partial charge is 0.148 e. The lowest BCUT2D eigenvalue weighted by Crippen LogP contribution is -2.47. The molecule has 0 amide bonds. The number of nitrogens with zero attached hydrogens (tertiary/aromatic N) is 2. The summed E-state index contributed by atoms with van der Waals surface area (Å²) in [5.74, 6) is -1.05. The van der Waals surface area contributed by atoms with Crippen molar-refractivity contribution in [1.82, 2.24) is 0 Å². The number of anilines is 3. The Bertz CT molecular complexity index is 795. The molecule has 0 aromatic heterocycles. The first-order chi connectivity index (χ1) is 11.9. The van der Waals surface area contributed by atoms with E-state index in [2.05, 4.69) is 15.9 Å². The largest absolute Gasteiger partial charge is 0.495 e. The van der Waals surface area contributed by atoms with Crippen LogP contribution in [-0.4, -0.2) is 33.3 Å². The molecule has 1 heterocycles. The van der Waals surface area contributed by atoms with E-state index in [1.807, 2.05) is 4.90 Å². The number of nitrogens with two attached hydrogens (primary N) is 1. The maximum Gasteiger partial charge on any atom is 0.148 e. The molecular formula is C17H17BrF3N3O. The summed E-state index contributed by atoms with van der Waals surface area (Å²) >= 11 is 2.97. The molecule has 0 spiro atoms. The number of hydrogen-bond donors (Lipinski definition) is 1. The van der Waals surface area contributed by atoms with Gasteiger partial charge in [0.2, 0.25) is 0 Å². The van der Waals surface area contributed by atoms with Gasteiger partial charge in [0.1, 0.15) is 23.2 Å². The SMILES string of the molecule is COc1cc(N2CCN(c3cc(F)c(Br)cc3F)CC2)c(F)cc1N. The van der Waals surface area contributed by atoms with Gasteiger partial charge >= 0.3 is 0 Å². The van der Waals surface area contributed by atoms with E-state index in [-0.39, 0.29) is 15.8 Å². The van der Waals surface area contributed by atoms with Crippen molar-refractivity contribution < 1.29 is 17.9 Å². The van der Waals surface area contributed by atoms with Gasteiger partial charge in [-0.25, -0.2) is 13.2 Å². The highest BCUT2D eigenvalue weighted by atomic mass is 79.9. The Morgan fingerprint density at radius 2 is 1.40 bits per heavy atom. The van der Waals surface area contributed by atoms with E-state index >= 15 is 0 Å². The number of halogens is 4. The predicted octanol–water partition coefficient (Wildman–Crippen LogP) is 3.78. The lowest BCUT2D eigenvalue weighted by atomic mass is 10.2. The summed E-state index contributed by atoms with van der Waals surface area (Å²) in [4.78, 5) is 3.58. The number of rotatable bonds is 3. The number of hydrogen-bond acceptors (Lipinski definition) is 4. The molecule has 2 aromatic carbocycles. The van der Waals surface area contributed by atoms with Gasteiger partial charge in [-0.3, -0.25) is 0 Å².